The minimum Gasteiger partial charge on any atom is -0.493 e. The summed E-state index contributed by atoms with van der Waals surface area (Å²) in [4.78, 5) is 16.8. The molecule has 2 N–H and O–H groups in total. The van der Waals surface area contributed by atoms with E-state index in [9.17, 15) is 4.79 Å². The molecule has 0 radical (unpaired) electrons. The van der Waals surface area contributed by atoms with E-state index < -0.39 is 0 Å². The van der Waals surface area contributed by atoms with Crippen LogP contribution in [0.4, 0.5) is 5.82 Å². The highest BCUT2D eigenvalue weighted by molar-refractivity contribution is 5.94. The number of aryl methyl sites for hydroxylation is 1. The van der Waals surface area contributed by atoms with Crippen molar-refractivity contribution in [3.8, 4) is 11.5 Å². The normalized spacial score (nSPS) is 10.3. The van der Waals surface area contributed by atoms with Gasteiger partial charge in [-0.25, -0.2) is 4.98 Å². The van der Waals surface area contributed by atoms with E-state index in [0.29, 0.717) is 36.0 Å². The van der Waals surface area contributed by atoms with Crippen molar-refractivity contribution in [1.29, 1.82) is 0 Å². The number of hydrogen-bond acceptors (Lipinski definition) is 5. The van der Waals surface area contributed by atoms with Crippen molar-refractivity contribution in [2.24, 2.45) is 0 Å². The molecular weight excluding hydrogens is 366 g/mol. The number of methoxy groups -OCH3 is 2. The first-order valence-electron chi connectivity index (χ1n) is 9.33. The van der Waals surface area contributed by atoms with Crippen LogP contribution in [0.15, 0.2) is 60.8 Å². The van der Waals surface area contributed by atoms with Crippen molar-refractivity contribution >= 4 is 11.7 Å². The van der Waals surface area contributed by atoms with Gasteiger partial charge in [-0.2, -0.15) is 0 Å². The van der Waals surface area contributed by atoms with Gasteiger partial charge < -0.3 is 20.1 Å². The number of nitrogens with one attached hydrogen (secondary N) is 2. The lowest BCUT2D eigenvalue weighted by Gasteiger charge is -2.11. The first kappa shape index (κ1) is 20.2. The van der Waals surface area contributed by atoms with E-state index in [2.05, 4.69) is 46.8 Å². The molecule has 2 aromatic carbocycles. The number of ether oxygens (including phenoxy) is 2. The van der Waals surface area contributed by atoms with Crippen LogP contribution in [-0.4, -0.2) is 25.1 Å². The molecule has 0 saturated heterocycles. The fraction of sp³-hybridized carbons (Fsp3) is 0.217. The summed E-state index contributed by atoms with van der Waals surface area (Å²) in [5.74, 6) is 1.77. The van der Waals surface area contributed by atoms with E-state index in [0.717, 1.165) is 11.1 Å². The maximum absolute atomic E-state index is 12.5. The molecule has 150 valence electrons. The highest BCUT2D eigenvalue weighted by Crippen LogP contribution is 2.27. The topological polar surface area (TPSA) is 72.5 Å². The number of benzene rings is 2. The van der Waals surface area contributed by atoms with Gasteiger partial charge in [0.2, 0.25) is 0 Å². The Morgan fingerprint density at radius 2 is 1.62 bits per heavy atom. The van der Waals surface area contributed by atoms with Gasteiger partial charge in [-0.3, -0.25) is 4.79 Å². The van der Waals surface area contributed by atoms with Crippen molar-refractivity contribution in [3.63, 3.8) is 0 Å². The number of nitrogens with zero attached hydrogens (tertiary/aromatic N) is 1. The van der Waals surface area contributed by atoms with Crippen LogP contribution in [0, 0.1) is 6.92 Å². The SMILES string of the molecule is COc1ccc(CNC(=O)c2ccnc(NCc3ccc(C)cc3)c2)cc1OC. The minimum absolute atomic E-state index is 0.166. The van der Waals surface area contributed by atoms with Gasteiger partial charge in [0.05, 0.1) is 14.2 Å². The van der Waals surface area contributed by atoms with Crippen LogP contribution < -0.4 is 20.1 Å². The Bertz CT molecular complexity index is 971. The lowest BCUT2D eigenvalue weighted by atomic mass is 10.1. The minimum atomic E-state index is -0.166. The van der Waals surface area contributed by atoms with Crippen LogP contribution in [0.2, 0.25) is 0 Å². The largest absolute Gasteiger partial charge is 0.493 e. The molecule has 6 heteroatoms. The fourth-order valence-corrected chi connectivity index (χ4v) is 2.84. The lowest BCUT2D eigenvalue weighted by Crippen LogP contribution is -2.23. The fourth-order valence-electron chi connectivity index (χ4n) is 2.84. The number of hydrogen-bond donors (Lipinski definition) is 2. The second-order valence-electron chi connectivity index (χ2n) is 6.64. The Kier molecular flexibility index (Phi) is 6.68. The quantitative estimate of drug-likeness (QED) is 0.608. The average Bonchev–Trinajstić information content (AvgIpc) is 2.77. The molecule has 0 atom stereocenters. The van der Waals surface area contributed by atoms with Gasteiger partial charge in [0.1, 0.15) is 5.82 Å². The maximum atomic E-state index is 12.5. The Labute approximate surface area is 170 Å². The third-order valence-electron chi connectivity index (χ3n) is 4.52. The number of anilines is 1. The van der Waals surface area contributed by atoms with E-state index in [4.69, 9.17) is 9.47 Å². The molecule has 6 nitrogen and oxygen atoms in total. The van der Waals surface area contributed by atoms with Crippen molar-refractivity contribution in [2.45, 2.75) is 20.0 Å². The van der Waals surface area contributed by atoms with Crippen molar-refractivity contribution in [1.82, 2.24) is 10.3 Å². The third-order valence-corrected chi connectivity index (χ3v) is 4.52. The molecular formula is C23H25N3O3. The molecule has 0 unspecified atom stereocenters. The summed E-state index contributed by atoms with van der Waals surface area (Å²) < 4.78 is 10.5. The Morgan fingerprint density at radius 3 is 2.34 bits per heavy atom. The second-order valence-corrected chi connectivity index (χ2v) is 6.64. The summed E-state index contributed by atoms with van der Waals surface area (Å²) in [6, 6.07) is 17.3. The predicted molar refractivity (Wildman–Crippen MR) is 113 cm³/mol. The summed E-state index contributed by atoms with van der Waals surface area (Å²) in [6.45, 7) is 3.08. The van der Waals surface area contributed by atoms with Gasteiger partial charge in [-0.1, -0.05) is 35.9 Å². The van der Waals surface area contributed by atoms with Crippen LogP contribution in [0.1, 0.15) is 27.0 Å². The highest BCUT2D eigenvalue weighted by Gasteiger charge is 2.09. The van der Waals surface area contributed by atoms with Crippen molar-refractivity contribution < 1.29 is 14.3 Å². The van der Waals surface area contributed by atoms with E-state index in [1.165, 1.54) is 5.56 Å². The highest BCUT2D eigenvalue weighted by atomic mass is 16.5. The van der Waals surface area contributed by atoms with Gasteiger partial charge in [-0.15, -0.1) is 0 Å². The number of pyridine rings is 1. The molecule has 0 saturated carbocycles. The number of amides is 1. The molecule has 3 aromatic rings. The molecule has 0 aliphatic heterocycles. The van der Waals surface area contributed by atoms with E-state index in [1.807, 2.05) is 18.2 Å². The first-order valence-corrected chi connectivity index (χ1v) is 9.33. The Balaban J connectivity index is 1.59. The van der Waals surface area contributed by atoms with Gasteiger partial charge in [0.25, 0.3) is 5.91 Å². The number of carbonyl (C=O) groups is 1. The summed E-state index contributed by atoms with van der Waals surface area (Å²) in [7, 11) is 3.18. The summed E-state index contributed by atoms with van der Waals surface area (Å²) >= 11 is 0. The van der Waals surface area contributed by atoms with Gasteiger partial charge in [0.15, 0.2) is 11.5 Å². The number of aromatic nitrogens is 1. The Hall–Kier alpha value is -3.54. The van der Waals surface area contributed by atoms with Crippen LogP contribution in [0.3, 0.4) is 0 Å². The zero-order valence-corrected chi connectivity index (χ0v) is 16.9. The van der Waals surface area contributed by atoms with E-state index >= 15 is 0 Å². The first-order chi connectivity index (χ1) is 14.1. The average molecular weight is 391 g/mol. The second kappa shape index (κ2) is 9.59. The molecule has 0 bridgehead atoms. The van der Waals surface area contributed by atoms with Crippen LogP contribution in [0.5, 0.6) is 11.5 Å². The molecule has 3 rings (SSSR count). The molecule has 0 aliphatic carbocycles. The van der Waals surface area contributed by atoms with Crippen LogP contribution in [-0.2, 0) is 13.1 Å². The van der Waals surface area contributed by atoms with Crippen LogP contribution >= 0.6 is 0 Å². The lowest BCUT2D eigenvalue weighted by molar-refractivity contribution is 0.0951. The van der Waals surface area contributed by atoms with Gasteiger partial charge >= 0.3 is 0 Å². The summed E-state index contributed by atoms with van der Waals surface area (Å²) in [5, 5.41) is 6.18. The third kappa shape index (κ3) is 5.48. The number of rotatable bonds is 8. The molecule has 0 spiro atoms. The van der Waals surface area contributed by atoms with Crippen molar-refractivity contribution in [2.75, 3.05) is 19.5 Å². The maximum Gasteiger partial charge on any atom is 0.251 e. The van der Waals surface area contributed by atoms with Crippen LogP contribution in [0.25, 0.3) is 0 Å². The molecule has 29 heavy (non-hydrogen) atoms. The van der Waals surface area contributed by atoms with E-state index in [1.54, 1.807) is 32.5 Å². The smallest absolute Gasteiger partial charge is 0.251 e. The molecule has 1 heterocycles. The predicted octanol–water partition coefficient (Wildman–Crippen LogP) is 3.95. The van der Waals surface area contributed by atoms with E-state index in [-0.39, 0.29) is 5.91 Å². The zero-order valence-electron chi connectivity index (χ0n) is 16.9. The van der Waals surface area contributed by atoms with Gasteiger partial charge in [0, 0.05) is 24.8 Å². The van der Waals surface area contributed by atoms with Gasteiger partial charge in [-0.05, 0) is 42.3 Å². The van der Waals surface area contributed by atoms with Crippen molar-refractivity contribution in [3.05, 3.63) is 83.0 Å². The molecule has 1 amide bonds. The summed E-state index contributed by atoms with van der Waals surface area (Å²) in [5.41, 5.74) is 3.84. The summed E-state index contributed by atoms with van der Waals surface area (Å²) in [6.07, 6.45) is 1.63. The molecule has 0 aliphatic rings. The molecule has 1 aromatic heterocycles. The zero-order chi connectivity index (χ0) is 20.6. The monoisotopic (exact) mass is 391 g/mol. The molecule has 0 fully saturated rings. The Morgan fingerprint density at radius 1 is 0.897 bits per heavy atom. The standard InChI is InChI=1S/C23H25N3O3/c1-16-4-6-17(7-5-16)14-25-22-13-19(10-11-24-22)23(27)26-15-18-8-9-20(28-2)21(12-18)29-3/h4-13H,14-15H2,1-3H3,(H,24,25)(H,26,27). The number of carbonyl (C=O) groups excluding carboxylic acids is 1.